The molecule has 36 heavy (non-hydrogen) atoms. The third-order valence-electron chi connectivity index (χ3n) is 6.37. The number of benzene rings is 1. The highest BCUT2D eigenvalue weighted by Crippen LogP contribution is 2.35. The normalized spacial score (nSPS) is 19.2. The van der Waals surface area contributed by atoms with E-state index in [-0.39, 0.29) is 29.2 Å². The third kappa shape index (κ3) is 6.18. The first-order chi connectivity index (χ1) is 17.1. The number of hydrogen-bond acceptors (Lipinski definition) is 6. The Bertz CT molecular complexity index is 1110. The van der Waals surface area contributed by atoms with Crippen LogP contribution in [0.5, 0.6) is 0 Å². The van der Waals surface area contributed by atoms with E-state index >= 15 is 0 Å². The monoisotopic (exact) mass is 512 g/mol. The highest BCUT2D eigenvalue weighted by atomic mass is 19.4. The Morgan fingerprint density at radius 2 is 1.69 bits per heavy atom. The number of piperidine rings is 1. The fraction of sp³-hybridized carbons (Fsp3) is 0.478. The molecule has 1 aromatic carbocycles. The molecule has 1 aliphatic carbocycles. The molecule has 2 aliphatic rings. The van der Waals surface area contributed by atoms with Gasteiger partial charge in [-0.25, -0.2) is 23.5 Å². The first kappa shape index (κ1) is 25.6. The highest BCUT2D eigenvalue weighted by molar-refractivity contribution is 5.88. The predicted molar refractivity (Wildman–Crippen MR) is 122 cm³/mol. The molecule has 1 aliphatic heterocycles. The van der Waals surface area contributed by atoms with Crippen molar-refractivity contribution in [1.82, 2.24) is 9.97 Å². The van der Waals surface area contributed by atoms with Crippen LogP contribution in [0, 0.1) is 11.6 Å². The molecule has 0 bridgehead atoms. The molecule has 3 N–H and O–H groups in total. The molecule has 0 spiro atoms. The lowest BCUT2D eigenvalue weighted by atomic mass is 9.83. The van der Waals surface area contributed by atoms with E-state index in [1.807, 2.05) is 0 Å². The number of amides is 2. The largest absolute Gasteiger partial charge is 0.419 e. The first-order valence-electron chi connectivity index (χ1n) is 11.5. The van der Waals surface area contributed by atoms with Crippen LogP contribution >= 0.6 is 0 Å². The zero-order chi connectivity index (χ0) is 25.9. The molecule has 0 radical (unpaired) electrons. The van der Waals surface area contributed by atoms with Crippen molar-refractivity contribution in [3.63, 3.8) is 0 Å². The number of aromatic nitrogens is 2. The molecule has 2 amide bonds. The summed E-state index contributed by atoms with van der Waals surface area (Å²) in [5, 5.41) is 6.33. The summed E-state index contributed by atoms with van der Waals surface area (Å²) in [4.78, 5) is 26.1. The second kappa shape index (κ2) is 10.6. The molecule has 0 atom stereocenters. The topological polar surface area (TPSA) is 106 Å². The molecule has 1 aromatic heterocycles. The van der Waals surface area contributed by atoms with Crippen molar-refractivity contribution >= 4 is 23.4 Å². The van der Waals surface area contributed by atoms with E-state index in [1.54, 1.807) is 4.90 Å². The van der Waals surface area contributed by atoms with Crippen LogP contribution < -0.4 is 16.0 Å². The molecule has 8 nitrogen and oxygen atoms in total. The summed E-state index contributed by atoms with van der Waals surface area (Å²) in [7, 11) is 0. The van der Waals surface area contributed by atoms with Gasteiger partial charge in [-0.2, -0.15) is 13.2 Å². The molecule has 4 rings (SSSR count). The number of oxime groups is 1. The van der Waals surface area contributed by atoms with Gasteiger partial charge >= 0.3 is 12.2 Å². The Labute approximate surface area is 203 Å². The van der Waals surface area contributed by atoms with Crippen LogP contribution in [0.25, 0.3) is 0 Å². The SMILES string of the molecule is NC(=O)Nc1cc(F)c(C2CCC(=NOC3CCN(c4ncc(C(F)(F)F)cn4)CC3)CC2)cc1F. The van der Waals surface area contributed by atoms with Crippen molar-refractivity contribution in [1.29, 1.82) is 0 Å². The number of anilines is 2. The minimum atomic E-state index is -4.48. The van der Waals surface area contributed by atoms with Crippen LogP contribution in [0.1, 0.15) is 55.6 Å². The van der Waals surface area contributed by atoms with Crippen LogP contribution in [-0.4, -0.2) is 40.9 Å². The maximum absolute atomic E-state index is 14.5. The van der Waals surface area contributed by atoms with Gasteiger partial charge in [0, 0.05) is 44.4 Å². The van der Waals surface area contributed by atoms with E-state index in [4.69, 9.17) is 10.6 Å². The maximum atomic E-state index is 14.5. The number of alkyl halides is 3. The van der Waals surface area contributed by atoms with Crippen molar-refractivity contribution < 1.29 is 31.6 Å². The molecule has 0 unspecified atom stereocenters. The zero-order valence-corrected chi connectivity index (χ0v) is 19.2. The van der Waals surface area contributed by atoms with Gasteiger partial charge in [0.1, 0.15) is 17.7 Å². The molecular weight excluding hydrogens is 487 g/mol. The van der Waals surface area contributed by atoms with Crippen molar-refractivity contribution in [2.45, 2.75) is 56.7 Å². The van der Waals surface area contributed by atoms with Crippen LogP contribution in [-0.2, 0) is 11.0 Å². The molecule has 194 valence electrons. The second-order valence-corrected chi connectivity index (χ2v) is 8.84. The Morgan fingerprint density at radius 1 is 1.06 bits per heavy atom. The summed E-state index contributed by atoms with van der Waals surface area (Å²) in [6, 6.07) is 1.06. The number of rotatable bonds is 5. The molecule has 1 saturated carbocycles. The quantitative estimate of drug-likeness (QED) is 0.435. The van der Waals surface area contributed by atoms with E-state index in [0.717, 1.165) is 30.2 Å². The summed E-state index contributed by atoms with van der Waals surface area (Å²) in [5.74, 6) is -1.30. The fourth-order valence-corrected chi connectivity index (χ4v) is 4.40. The fourth-order valence-electron chi connectivity index (χ4n) is 4.40. The van der Waals surface area contributed by atoms with Gasteiger partial charge in [-0.1, -0.05) is 5.16 Å². The van der Waals surface area contributed by atoms with Crippen LogP contribution in [0.3, 0.4) is 0 Å². The van der Waals surface area contributed by atoms with Crippen LogP contribution in [0.15, 0.2) is 29.7 Å². The number of nitrogens with two attached hydrogens (primary N) is 1. The lowest BCUT2D eigenvalue weighted by molar-refractivity contribution is -0.138. The van der Waals surface area contributed by atoms with Gasteiger partial charge < -0.3 is 20.8 Å². The predicted octanol–water partition coefficient (Wildman–Crippen LogP) is 4.96. The van der Waals surface area contributed by atoms with Gasteiger partial charge in [-0.05, 0) is 43.2 Å². The van der Waals surface area contributed by atoms with Crippen LogP contribution in [0.2, 0.25) is 0 Å². The van der Waals surface area contributed by atoms with E-state index in [9.17, 15) is 26.7 Å². The number of primary amides is 1. The first-order valence-corrected chi connectivity index (χ1v) is 11.5. The zero-order valence-electron chi connectivity index (χ0n) is 19.2. The van der Waals surface area contributed by atoms with Crippen molar-refractivity contribution in [2.24, 2.45) is 10.9 Å². The minimum Gasteiger partial charge on any atom is -0.392 e. The van der Waals surface area contributed by atoms with Gasteiger partial charge in [-0.3, -0.25) is 0 Å². The minimum absolute atomic E-state index is 0.141. The van der Waals surface area contributed by atoms with Gasteiger partial charge in [0.15, 0.2) is 0 Å². The highest BCUT2D eigenvalue weighted by Gasteiger charge is 2.32. The second-order valence-electron chi connectivity index (χ2n) is 8.84. The molecule has 1 saturated heterocycles. The van der Waals surface area contributed by atoms with Gasteiger partial charge in [0.05, 0.1) is 17.0 Å². The summed E-state index contributed by atoms with van der Waals surface area (Å²) in [6.45, 7) is 1.04. The van der Waals surface area contributed by atoms with E-state index in [2.05, 4.69) is 20.4 Å². The molecule has 13 heteroatoms. The number of nitrogens with zero attached hydrogens (tertiary/aromatic N) is 4. The lowest BCUT2D eigenvalue weighted by Crippen LogP contribution is -2.37. The van der Waals surface area contributed by atoms with Gasteiger partial charge in [0.2, 0.25) is 5.95 Å². The smallest absolute Gasteiger partial charge is 0.392 e. The number of carbonyl (C=O) groups is 1. The number of nitrogens with one attached hydrogen (secondary N) is 1. The molecule has 2 aromatic rings. The summed E-state index contributed by atoms with van der Waals surface area (Å²) < 4.78 is 66.7. The van der Waals surface area contributed by atoms with Crippen molar-refractivity contribution in [3.8, 4) is 0 Å². The molecule has 2 heterocycles. The summed E-state index contributed by atoms with van der Waals surface area (Å²) in [6.07, 6.45) is 0.458. The maximum Gasteiger partial charge on any atom is 0.419 e. The number of carbonyl (C=O) groups excluding carboxylic acids is 1. The van der Waals surface area contributed by atoms with Crippen molar-refractivity contribution in [2.75, 3.05) is 23.3 Å². The number of urea groups is 1. The van der Waals surface area contributed by atoms with Gasteiger partial charge in [-0.15, -0.1) is 0 Å². The Hall–Kier alpha value is -3.51. The van der Waals surface area contributed by atoms with Crippen molar-refractivity contribution in [3.05, 3.63) is 47.3 Å². The summed E-state index contributed by atoms with van der Waals surface area (Å²) in [5.41, 5.74) is 4.87. The third-order valence-corrected chi connectivity index (χ3v) is 6.37. The Balaban J connectivity index is 1.25. The van der Waals surface area contributed by atoms with Crippen LogP contribution in [0.4, 0.5) is 38.4 Å². The summed E-state index contributed by atoms with van der Waals surface area (Å²) >= 11 is 0. The lowest BCUT2D eigenvalue weighted by Gasteiger charge is -2.31. The van der Waals surface area contributed by atoms with Gasteiger partial charge in [0.25, 0.3) is 0 Å². The molecular formula is C23H25F5N6O2. The van der Waals surface area contributed by atoms with E-state index in [1.165, 1.54) is 0 Å². The Kier molecular flexibility index (Phi) is 7.55. The van der Waals surface area contributed by atoms with E-state index < -0.39 is 29.4 Å². The standard InChI is InChI=1S/C23H25F5N6O2/c24-18-10-20(32-21(29)35)19(25)9-17(18)13-1-3-15(4-2-13)33-36-16-5-7-34(8-6-16)22-30-11-14(12-31-22)23(26,27)28/h9-13,16H,1-8H2,(H3,29,32,35). The average Bonchev–Trinajstić information content (AvgIpc) is 2.85. The molecule has 2 fully saturated rings. The van der Waals surface area contributed by atoms with E-state index in [0.29, 0.717) is 51.6 Å². The Morgan fingerprint density at radius 3 is 2.28 bits per heavy atom. The number of hydrogen-bond donors (Lipinski definition) is 2. The number of halogens is 5. The average molecular weight is 512 g/mol.